The molecule has 0 aliphatic heterocycles. The second-order valence-corrected chi connectivity index (χ2v) is 4.60. The van der Waals surface area contributed by atoms with Crippen LogP contribution >= 0.6 is 0 Å². The van der Waals surface area contributed by atoms with Crippen molar-refractivity contribution >= 4 is 5.78 Å². The van der Waals surface area contributed by atoms with E-state index in [1.165, 1.54) is 0 Å². The van der Waals surface area contributed by atoms with Crippen molar-refractivity contribution < 1.29 is 4.79 Å². The van der Waals surface area contributed by atoms with E-state index >= 15 is 0 Å². The van der Waals surface area contributed by atoms with Gasteiger partial charge < -0.3 is 0 Å². The van der Waals surface area contributed by atoms with Crippen molar-refractivity contribution in [3.05, 3.63) is 23.8 Å². The largest absolute Gasteiger partial charge is 0.294 e. The minimum atomic E-state index is -0.268. The van der Waals surface area contributed by atoms with Crippen LogP contribution in [0.3, 0.4) is 0 Å². The lowest BCUT2D eigenvalue weighted by molar-refractivity contribution is -0.125. The minimum absolute atomic E-state index is 0.248. The van der Waals surface area contributed by atoms with Crippen molar-refractivity contribution in [2.24, 2.45) is 11.3 Å². The van der Waals surface area contributed by atoms with Crippen LogP contribution in [0.25, 0.3) is 0 Å². The summed E-state index contributed by atoms with van der Waals surface area (Å²) in [6, 6.07) is 0. The SMILES string of the molecule is C/C=C\C(=C/C)C(=O)C(C)(C)C(C)CC. The summed E-state index contributed by atoms with van der Waals surface area (Å²) in [6.07, 6.45) is 6.74. The van der Waals surface area contributed by atoms with Gasteiger partial charge in [0.2, 0.25) is 0 Å². The van der Waals surface area contributed by atoms with Crippen LogP contribution in [0.1, 0.15) is 48.0 Å². The molecule has 0 radical (unpaired) electrons. The predicted molar refractivity (Wildman–Crippen MR) is 66.8 cm³/mol. The van der Waals surface area contributed by atoms with Crippen molar-refractivity contribution in [3.63, 3.8) is 0 Å². The lowest BCUT2D eigenvalue weighted by atomic mass is 9.73. The Morgan fingerprint density at radius 2 is 1.87 bits per heavy atom. The Morgan fingerprint density at radius 1 is 1.33 bits per heavy atom. The van der Waals surface area contributed by atoms with Crippen LogP contribution in [-0.4, -0.2) is 5.78 Å². The molecule has 0 aliphatic carbocycles. The summed E-state index contributed by atoms with van der Waals surface area (Å²) in [5.41, 5.74) is 0.554. The highest BCUT2D eigenvalue weighted by atomic mass is 16.1. The molecule has 0 bridgehead atoms. The Balaban J connectivity index is 4.98. The van der Waals surface area contributed by atoms with E-state index in [1.54, 1.807) is 0 Å². The average molecular weight is 208 g/mol. The second kappa shape index (κ2) is 5.89. The fraction of sp³-hybridized carbons (Fsp3) is 0.643. The Bertz CT molecular complexity index is 269. The van der Waals surface area contributed by atoms with Crippen molar-refractivity contribution in [2.75, 3.05) is 0 Å². The van der Waals surface area contributed by atoms with Crippen LogP contribution in [0.4, 0.5) is 0 Å². The highest BCUT2D eigenvalue weighted by Gasteiger charge is 2.33. The fourth-order valence-corrected chi connectivity index (χ4v) is 1.59. The number of carbonyl (C=O) groups excluding carboxylic acids is 1. The predicted octanol–water partition coefficient (Wildman–Crippen LogP) is 4.15. The molecule has 0 amide bonds. The first kappa shape index (κ1) is 14.2. The zero-order valence-corrected chi connectivity index (χ0v) is 10.9. The normalized spacial score (nSPS) is 15.7. The van der Waals surface area contributed by atoms with E-state index in [2.05, 4.69) is 13.8 Å². The molecular weight excluding hydrogens is 184 g/mol. The zero-order valence-electron chi connectivity index (χ0n) is 10.9. The van der Waals surface area contributed by atoms with Gasteiger partial charge in [-0.1, -0.05) is 52.3 Å². The number of allylic oxidation sites excluding steroid dienone is 4. The van der Waals surface area contributed by atoms with Gasteiger partial charge in [0.15, 0.2) is 5.78 Å². The Hall–Kier alpha value is -0.850. The molecule has 15 heavy (non-hydrogen) atoms. The number of hydrogen-bond donors (Lipinski definition) is 0. The van der Waals surface area contributed by atoms with Gasteiger partial charge in [-0.3, -0.25) is 4.79 Å². The zero-order chi connectivity index (χ0) is 12.1. The van der Waals surface area contributed by atoms with Gasteiger partial charge in [0, 0.05) is 11.0 Å². The average Bonchev–Trinajstić information content (AvgIpc) is 2.23. The van der Waals surface area contributed by atoms with E-state index in [9.17, 15) is 4.79 Å². The minimum Gasteiger partial charge on any atom is -0.294 e. The summed E-state index contributed by atoms with van der Waals surface area (Å²) in [5, 5.41) is 0. The molecule has 0 spiro atoms. The maximum absolute atomic E-state index is 12.3. The first-order chi connectivity index (χ1) is 6.91. The van der Waals surface area contributed by atoms with Crippen LogP contribution in [-0.2, 0) is 4.79 Å². The standard InChI is InChI=1S/C14H24O/c1-7-10-12(9-3)13(15)14(5,6)11(4)8-2/h7,9-11H,8H2,1-6H3/b10-7-,12-9+. The molecule has 0 saturated carbocycles. The highest BCUT2D eigenvalue weighted by molar-refractivity contribution is 6.01. The molecule has 0 aliphatic rings. The first-order valence-corrected chi connectivity index (χ1v) is 5.75. The van der Waals surface area contributed by atoms with Crippen molar-refractivity contribution in [3.8, 4) is 0 Å². The molecule has 0 N–H and O–H groups in total. The first-order valence-electron chi connectivity index (χ1n) is 5.75. The van der Waals surface area contributed by atoms with E-state index in [0.29, 0.717) is 5.92 Å². The van der Waals surface area contributed by atoms with E-state index in [4.69, 9.17) is 0 Å². The van der Waals surface area contributed by atoms with Gasteiger partial charge in [0.1, 0.15) is 0 Å². The smallest absolute Gasteiger partial charge is 0.168 e. The number of rotatable bonds is 5. The number of Topliss-reactive ketones (excluding diaryl/α,β-unsaturated/α-hetero) is 1. The summed E-state index contributed by atoms with van der Waals surface area (Å²) >= 11 is 0. The van der Waals surface area contributed by atoms with Crippen LogP contribution < -0.4 is 0 Å². The molecule has 0 rings (SSSR count). The van der Waals surface area contributed by atoms with Gasteiger partial charge in [-0.2, -0.15) is 0 Å². The van der Waals surface area contributed by atoms with Crippen molar-refractivity contribution in [1.29, 1.82) is 0 Å². The molecule has 0 aromatic carbocycles. The molecule has 86 valence electrons. The third-order valence-electron chi connectivity index (χ3n) is 3.35. The molecular formula is C14H24O. The third kappa shape index (κ3) is 3.33. The number of carbonyl (C=O) groups is 1. The summed E-state index contributed by atoms with van der Waals surface area (Å²) in [5.74, 6) is 0.655. The maximum atomic E-state index is 12.3. The third-order valence-corrected chi connectivity index (χ3v) is 3.35. The Labute approximate surface area is 94.3 Å². The van der Waals surface area contributed by atoms with Crippen LogP contribution in [0.15, 0.2) is 23.8 Å². The van der Waals surface area contributed by atoms with Gasteiger partial charge >= 0.3 is 0 Å². The van der Waals surface area contributed by atoms with E-state index in [-0.39, 0.29) is 11.2 Å². The highest BCUT2D eigenvalue weighted by Crippen LogP contribution is 2.32. The Kier molecular flexibility index (Phi) is 5.56. The van der Waals surface area contributed by atoms with E-state index in [0.717, 1.165) is 12.0 Å². The van der Waals surface area contributed by atoms with E-state index < -0.39 is 0 Å². The molecule has 1 heteroatoms. The summed E-state index contributed by atoms with van der Waals surface area (Å²) in [7, 11) is 0. The van der Waals surface area contributed by atoms with Crippen molar-refractivity contribution in [1.82, 2.24) is 0 Å². The second-order valence-electron chi connectivity index (χ2n) is 4.60. The monoisotopic (exact) mass is 208 g/mol. The quantitative estimate of drug-likeness (QED) is 0.490. The molecule has 1 unspecified atom stereocenters. The molecule has 0 fully saturated rings. The lowest BCUT2D eigenvalue weighted by Crippen LogP contribution is -2.32. The topological polar surface area (TPSA) is 17.1 Å². The van der Waals surface area contributed by atoms with Gasteiger partial charge in [0.25, 0.3) is 0 Å². The van der Waals surface area contributed by atoms with E-state index in [1.807, 2.05) is 45.9 Å². The fourth-order valence-electron chi connectivity index (χ4n) is 1.59. The molecule has 0 aromatic heterocycles. The van der Waals surface area contributed by atoms with Crippen LogP contribution in [0, 0.1) is 11.3 Å². The summed E-state index contributed by atoms with van der Waals surface area (Å²) < 4.78 is 0. The molecule has 0 heterocycles. The lowest BCUT2D eigenvalue weighted by Gasteiger charge is -2.30. The maximum Gasteiger partial charge on any atom is 0.168 e. The van der Waals surface area contributed by atoms with Crippen LogP contribution in [0.2, 0.25) is 0 Å². The molecule has 0 saturated heterocycles. The number of hydrogen-bond acceptors (Lipinski definition) is 1. The molecule has 0 aromatic rings. The van der Waals surface area contributed by atoms with Gasteiger partial charge in [0.05, 0.1) is 0 Å². The molecule has 1 nitrogen and oxygen atoms in total. The van der Waals surface area contributed by atoms with Gasteiger partial charge in [-0.15, -0.1) is 0 Å². The van der Waals surface area contributed by atoms with Gasteiger partial charge in [-0.05, 0) is 19.8 Å². The summed E-state index contributed by atoms with van der Waals surface area (Å²) in [6.45, 7) is 12.2. The molecule has 1 atom stereocenters. The van der Waals surface area contributed by atoms with Crippen LogP contribution in [0.5, 0.6) is 0 Å². The number of ketones is 1. The summed E-state index contributed by atoms with van der Waals surface area (Å²) in [4.78, 5) is 12.3. The Morgan fingerprint density at radius 3 is 2.20 bits per heavy atom. The van der Waals surface area contributed by atoms with Gasteiger partial charge in [-0.25, -0.2) is 0 Å². The van der Waals surface area contributed by atoms with Crippen molar-refractivity contribution in [2.45, 2.75) is 48.0 Å².